The molecule has 0 amide bonds. The third-order valence-electron chi connectivity index (χ3n) is 2.13. The summed E-state index contributed by atoms with van der Waals surface area (Å²) in [6, 6.07) is 3.86. The summed E-state index contributed by atoms with van der Waals surface area (Å²) in [5.74, 6) is 1.22. The van der Waals surface area contributed by atoms with Gasteiger partial charge in [0.15, 0.2) is 0 Å². The maximum Gasteiger partial charge on any atom is 0.237 e. The molecule has 0 spiro atoms. The minimum absolute atomic E-state index is 0.123. The molecule has 1 N–H and O–H groups in total. The lowest BCUT2D eigenvalue weighted by Gasteiger charge is -2.14. The van der Waals surface area contributed by atoms with Gasteiger partial charge in [-0.15, -0.1) is 0 Å². The van der Waals surface area contributed by atoms with E-state index in [0.717, 1.165) is 18.8 Å². The predicted molar refractivity (Wildman–Crippen MR) is 74.1 cm³/mol. The first-order chi connectivity index (χ1) is 8.59. The topological polar surface area (TPSA) is 43.4 Å². The molecule has 1 aromatic rings. The van der Waals surface area contributed by atoms with E-state index in [-0.39, 0.29) is 6.10 Å². The van der Waals surface area contributed by atoms with Crippen LogP contribution in [0.4, 0.5) is 5.69 Å². The molecule has 0 aliphatic carbocycles. The van der Waals surface area contributed by atoms with E-state index >= 15 is 0 Å². The van der Waals surface area contributed by atoms with Gasteiger partial charge in [-0.3, -0.25) is 0 Å². The second-order valence-corrected chi connectivity index (χ2v) is 4.92. The Morgan fingerprint density at radius 3 is 2.72 bits per heavy atom. The second kappa shape index (κ2) is 7.93. The van der Waals surface area contributed by atoms with Crippen LogP contribution in [0.5, 0.6) is 5.88 Å². The number of aromatic nitrogens is 1. The summed E-state index contributed by atoms with van der Waals surface area (Å²) in [4.78, 5) is 4.22. The van der Waals surface area contributed by atoms with Gasteiger partial charge in [0, 0.05) is 19.3 Å². The molecule has 0 saturated carbocycles. The largest absolute Gasteiger partial charge is 0.473 e. The molecule has 1 heterocycles. The highest BCUT2D eigenvalue weighted by Crippen LogP contribution is 2.21. The first-order valence-electron chi connectivity index (χ1n) is 6.53. The third kappa shape index (κ3) is 5.87. The Morgan fingerprint density at radius 1 is 1.28 bits per heavy atom. The summed E-state index contributed by atoms with van der Waals surface area (Å²) in [6.45, 7) is 10.5. The molecule has 1 rings (SSSR count). The van der Waals surface area contributed by atoms with Crippen LogP contribution in [0.3, 0.4) is 0 Å². The van der Waals surface area contributed by atoms with Gasteiger partial charge in [0.1, 0.15) is 0 Å². The van der Waals surface area contributed by atoms with Gasteiger partial charge in [0.05, 0.1) is 18.4 Å². The van der Waals surface area contributed by atoms with Crippen LogP contribution < -0.4 is 10.1 Å². The molecule has 0 atom stereocenters. The zero-order valence-electron chi connectivity index (χ0n) is 11.8. The first-order valence-corrected chi connectivity index (χ1v) is 6.53. The van der Waals surface area contributed by atoms with Gasteiger partial charge < -0.3 is 14.8 Å². The summed E-state index contributed by atoms with van der Waals surface area (Å²) < 4.78 is 11.1. The molecule has 0 saturated heterocycles. The number of nitrogens with one attached hydrogen (secondary N) is 1. The Kier molecular flexibility index (Phi) is 6.50. The molecule has 0 aromatic carbocycles. The predicted octanol–water partition coefficient (Wildman–Crippen LogP) is 2.95. The number of rotatable bonds is 8. The first kappa shape index (κ1) is 14.8. The van der Waals surface area contributed by atoms with Crippen molar-refractivity contribution in [1.82, 2.24) is 4.98 Å². The van der Waals surface area contributed by atoms with E-state index in [1.54, 1.807) is 6.20 Å². The molecule has 4 heteroatoms. The number of anilines is 1. The van der Waals surface area contributed by atoms with Crippen molar-refractivity contribution in [3.63, 3.8) is 0 Å². The minimum Gasteiger partial charge on any atom is -0.473 e. The van der Waals surface area contributed by atoms with Crippen LogP contribution in [0.15, 0.2) is 18.3 Å². The van der Waals surface area contributed by atoms with Gasteiger partial charge in [0.25, 0.3) is 0 Å². The van der Waals surface area contributed by atoms with Crippen molar-refractivity contribution in [3.8, 4) is 5.88 Å². The average Bonchev–Trinajstić information content (AvgIpc) is 2.29. The second-order valence-electron chi connectivity index (χ2n) is 4.92. The number of pyridine rings is 1. The summed E-state index contributed by atoms with van der Waals surface area (Å²) in [5, 5.41) is 3.28. The van der Waals surface area contributed by atoms with Crippen LogP contribution in [0.1, 0.15) is 27.7 Å². The van der Waals surface area contributed by atoms with Crippen molar-refractivity contribution in [2.24, 2.45) is 5.92 Å². The van der Waals surface area contributed by atoms with Gasteiger partial charge in [0.2, 0.25) is 5.88 Å². The van der Waals surface area contributed by atoms with Crippen LogP contribution in [0, 0.1) is 5.92 Å². The fourth-order valence-electron chi connectivity index (χ4n) is 1.42. The molecular formula is C14H24N2O2. The molecule has 4 nitrogen and oxygen atoms in total. The highest BCUT2D eigenvalue weighted by Gasteiger charge is 2.05. The Morgan fingerprint density at radius 2 is 2.06 bits per heavy atom. The van der Waals surface area contributed by atoms with Gasteiger partial charge in [-0.1, -0.05) is 13.8 Å². The molecule has 0 unspecified atom stereocenters. The molecule has 1 aromatic heterocycles. The maximum atomic E-state index is 5.63. The van der Waals surface area contributed by atoms with Crippen molar-refractivity contribution in [3.05, 3.63) is 18.3 Å². The average molecular weight is 252 g/mol. The van der Waals surface area contributed by atoms with Crippen molar-refractivity contribution in [1.29, 1.82) is 0 Å². The zero-order valence-corrected chi connectivity index (χ0v) is 11.8. The van der Waals surface area contributed by atoms with Gasteiger partial charge in [-0.2, -0.15) is 0 Å². The highest BCUT2D eigenvalue weighted by molar-refractivity contribution is 5.51. The van der Waals surface area contributed by atoms with Crippen molar-refractivity contribution < 1.29 is 9.47 Å². The molecular weight excluding hydrogens is 228 g/mol. The summed E-state index contributed by atoms with van der Waals surface area (Å²) >= 11 is 0. The van der Waals surface area contributed by atoms with Crippen LogP contribution in [0.2, 0.25) is 0 Å². The molecule has 0 aliphatic heterocycles. The minimum atomic E-state index is 0.123. The summed E-state index contributed by atoms with van der Waals surface area (Å²) in [6.07, 6.45) is 1.86. The quantitative estimate of drug-likeness (QED) is 0.722. The molecule has 102 valence electrons. The summed E-state index contributed by atoms with van der Waals surface area (Å²) in [5.41, 5.74) is 0.916. The van der Waals surface area contributed by atoms with Crippen LogP contribution in [-0.4, -0.2) is 30.8 Å². The van der Waals surface area contributed by atoms with E-state index in [1.165, 1.54) is 0 Å². The molecule has 0 aliphatic rings. The van der Waals surface area contributed by atoms with Crippen molar-refractivity contribution in [2.45, 2.75) is 33.8 Å². The number of hydrogen-bond donors (Lipinski definition) is 1. The monoisotopic (exact) mass is 252 g/mol. The van der Waals surface area contributed by atoms with E-state index in [1.807, 2.05) is 26.0 Å². The Labute approximate surface area is 110 Å². The zero-order chi connectivity index (χ0) is 13.4. The van der Waals surface area contributed by atoms with Crippen LogP contribution >= 0.6 is 0 Å². The van der Waals surface area contributed by atoms with E-state index < -0.39 is 0 Å². The SMILES string of the molecule is CC(C)COCCNc1cccnc1OC(C)C. The number of ether oxygens (including phenoxy) is 2. The van der Waals surface area contributed by atoms with E-state index in [4.69, 9.17) is 9.47 Å². The normalized spacial score (nSPS) is 11.0. The third-order valence-corrected chi connectivity index (χ3v) is 2.13. The lowest BCUT2D eigenvalue weighted by molar-refractivity contribution is 0.118. The number of nitrogens with zero attached hydrogens (tertiary/aromatic N) is 1. The molecule has 0 radical (unpaired) electrons. The smallest absolute Gasteiger partial charge is 0.237 e. The standard InChI is InChI=1S/C14H24N2O2/c1-11(2)10-17-9-8-15-13-6-5-7-16-14(13)18-12(3)4/h5-7,11-12,15H,8-10H2,1-4H3. The van der Waals surface area contributed by atoms with Crippen LogP contribution in [0.25, 0.3) is 0 Å². The maximum absolute atomic E-state index is 5.63. The number of hydrogen-bond acceptors (Lipinski definition) is 4. The fraction of sp³-hybridized carbons (Fsp3) is 0.643. The fourth-order valence-corrected chi connectivity index (χ4v) is 1.42. The molecule has 18 heavy (non-hydrogen) atoms. The van der Waals surface area contributed by atoms with Gasteiger partial charge >= 0.3 is 0 Å². The van der Waals surface area contributed by atoms with Crippen LogP contribution in [-0.2, 0) is 4.74 Å². The van der Waals surface area contributed by atoms with Crippen molar-refractivity contribution in [2.75, 3.05) is 25.1 Å². The Balaban J connectivity index is 2.37. The van der Waals surface area contributed by atoms with Gasteiger partial charge in [-0.05, 0) is 31.9 Å². The van der Waals surface area contributed by atoms with E-state index in [0.29, 0.717) is 18.4 Å². The van der Waals surface area contributed by atoms with E-state index in [2.05, 4.69) is 24.1 Å². The lowest BCUT2D eigenvalue weighted by Crippen LogP contribution is -2.14. The summed E-state index contributed by atoms with van der Waals surface area (Å²) in [7, 11) is 0. The lowest BCUT2D eigenvalue weighted by atomic mass is 10.2. The Bertz CT molecular complexity index is 340. The van der Waals surface area contributed by atoms with E-state index in [9.17, 15) is 0 Å². The highest BCUT2D eigenvalue weighted by atomic mass is 16.5. The van der Waals surface area contributed by atoms with Crippen molar-refractivity contribution >= 4 is 5.69 Å². The van der Waals surface area contributed by atoms with Gasteiger partial charge in [-0.25, -0.2) is 4.98 Å². The Hall–Kier alpha value is -1.29. The molecule has 0 bridgehead atoms. The molecule has 0 fully saturated rings.